The zero-order valence-corrected chi connectivity index (χ0v) is 15.3. The third kappa shape index (κ3) is 4.63. The van der Waals surface area contributed by atoms with Gasteiger partial charge in [-0.15, -0.1) is 6.42 Å². The van der Waals surface area contributed by atoms with Crippen LogP contribution >= 0.6 is 0 Å². The number of para-hydroxylation sites is 1. The summed E-state index contributed by atoms with van der Waals surface area (Å²) in [6.45, 7) is 1.75. The summed E-state index contributed by atoms with van der Waals surface area (Å²) >= 11 is 0. The summed E-state index contributed by atoms with van der Waals surface area (Å²) in [5.74, 6) is 2.57. The van der Waals surface area contributed by atoms with Crippen molar-refractivity contribution in [1.29, 1.82) is 0 Å². The number of terminal acetylenes is 1. The Morgan fingerprint density at radius 2 is 1.85 bits per heavy atom. The summed E-state index contributed by atoms with van der Waals surface area (Å²) in [7, 11) is -2.11. The minimum absolute atomic E-state index is 0.0436. The molecule has 2 aromatic carbocycles. The van der Waals surface area contributed by atoms with Gasteiger partial charge in [-0.3, -0.25) is 4.79 Å². The quantitative estimate of drug-likeness (QED) is 0.729. The van der Waals surface area contributed by atoms with Crippen molar-refractivity contribution in [3.05, 3.63) is 59.7 Å². The number of hydrogen-bond donors (Lipinski definition) is 2. The number of methoxy groups -OCH3 is 1. The van der Waals surface area contributed by atoms with Crippen molar-refractivity contribution in [1.82, 2.24) is 10.0 Å². The highest BCUT2D eigenvalue weighted by molar-refractivity contribution is 7.89. The number of hydrogen-bond acceptors (Lipinski definition) is 4. The molecule has 26 heavy (non-hydrogen) atoms. The second-order valence-corrected chi connectivity index (χ2v) is 7.26. The van der Waals surface area contributed by atoms with E-state index in [2.05, 4.69) is 16.0 Å². The Morgan fingerprint density at radius 3 is 2.46 bits per heavy atom. The Balaban J connectivity index is 2.12. The van der Waals surface area contributed by atoms with Crippen molar-refractivity contribution in [2.24, 2.45) is 0 Å². The molecular formula is C19H20N2O4S. The number of ether oxygens (including phenoxy) is 1. The first-order valence-electron chi connectivity index (χ1n) is 7.86. The van der Waals surface area contributed by atoms with Gasteiger partial charge in [-0.2, -0.15) is 4.72 Å². The van der Waals surface area contributed by atoms with Crippen molar-refractivity contribution in [3.8, 4) is 18.1 Å². The molecule has 0 radical (unpaired) electrons. The van der Waals surface area contributed by atoms with Crippen molar-refractivity contribution < 1.29 is 17.9 Å². The van der Waals surface area contributed by atoms with Crippen LogP contribution in [0.3, 0.4) is 0 Å². The van der Waals surface area contributed by atoms with Crippen molar-refractivity contribution in [2.45, 2.75) is 17.9 Å². The Kier molecular flexibility index (Phi) is 6.39. The number of rotatable bonds is 7. The molecule has 136 valence electrons. The van der Waals surface area contributed by atoms with E-state index in [1.54, 1.807) is 7.11 Å². The lowest BCUT2D eigenvalue weighted by Gasteiger charge is -2.17. The van der Waals surface area contributed by atoms with E-state index >= 15 is 0 Å². The molecule has 6 nitrogen and oxygen atoms in total. The number of amides is 1. The standard InChI is InChI=1S/C19H20N2O4S/c1-4-13-20-26(23,24)16-11-9-15(10-12-16)19(22)21-14(2)17-7-5-6-8-18(17)25-3/h1,5-12,14,20H,13H2,2-3H3,(H,21,22)/t14-/m0/s1. The van der Waals surface area contributed by atoms with Gasteiger partial charge >= 0.3 is 0 Å². The van der Waals surface area contributed by atoms with Gasteiger partial charge < -0.3 is 10.1 Å². The van der Waals surface area contributed by atoms with Crippen molar-refractivity contribution in [2.75, 3.05) is 13.7 Å². The molecule has 0 saturated heterocycles. The maximum absolute atomic E-state index is 12.4. The first kappa shape index (κ1) is 19.5. The van der Waals surface area contributed by atoms with E-state index in [9.17, 15) is 13.2 Å². The topological polar surface area (TPSA) is 84.5 Å². The van der Waals surface area contributed by atoms with Crippen LogP contribution in [-0.2, 0) is 10.0 Å². The molecule has 0 heterocycles. The Bertz CT molecular complexity index is 915. The van der Waals surface area contributed by atoms with Crippen molar-refractivity contribution in [3.63, 3.8) is 0 Å². The second kappa shape index (κ2) is 8.52. The Morgan fingerprint density at radius 1 is 1.19 bits per heavy atom. The van der Waals surface area contributed by atoms with Crippen LogP contribution in [0.4, 0.5) is 0 Å². The first-order valence-corrected chi connectivity index (χ1v) is 9.34. The fourth-order valence-electron chi connectivity index (χ4n) is 2.39. The number of carbonyl (C=O) groups excluding carboxylic acids is 1. The van der Waals surface area contributed by atoms with Crippen LogP contribution in [0.5, 0.6) is 5.75 Å². The molecule has 0 fully saturated rings. The van der Waals surface area contributed by atoms with Gasteiger partial charge in [-0.1, -0.05) is 24.1 Å². The Hall–Kier alpha value is -2.82. The molecule has 0 bridgehead atoms. The third-order valence-corrected chi connectivity index (χ3v) is 5.16. The van der Waals surface area contributed by atoms with E-state index in [0.29, 0.717) is 11.3 Å². The molecule has 2 N–H and O–H groups in total. The summed E-state index contributed by atoms with van der Waals surface area (Å²) in [4.78, 5) is 12.5. The molecule has 0 aromatic heterocycles. The van der Waals surface area contributed by atoms with Crippen LogP contribution in [0.2, 0.25) is 0 Å². The highest BCUT2D eigenvalue weighted by Gasteiger charge is 2.17. The van der Waals surface area contributed by atoms with E-state index in [1.165, 1.54) is 24.3 Å². The van der Waals surface area contributed by atoms with E-state index in [0.717, 1.165) is 5.56 Å². The zero-order valence-electron chi connectivity index (χ0n) is 14.5. The normalized spacial score (nSPS) is 12.0. The summed E-state index contributed by atoms with van der Waals surface area (Å²) in [6, 6.07) is 12.8. The van der Waals surface area contributed by atoms with E-state index in [4.69, 9.17) is 11.2 Å². The van der Waals surface area contributed by atoms with Crippen molar-refractivity contribution >= 4 is 15.9 Å². The maximum atomic E-state index is 12.4. The summed E-state index contributed by atoms with van der Waals surface area (Å²) in [5, 5.41) is 2.87. The van der Waals surface area contributed by atoms with Gasteiger partial charge in [0.1, 0.15) is 5.75 Å². The van der Waals surface area contributed by atoms with Crippen LogP contribution in [0, 0.1) is 12.3 Å². The van der Waals surface area contributed by atoms with Crippen LogP contribution in [0.15, 0.2) is 53.4 Å². The molecule has 0 spiro atoms. The summed E-state index contributed by atoms with van der Waals surface area (Å²) < 4.78 is 31.5. The van der Waals surface area contributed by atoms with E-state index in [-0.39, 0.29) is 23.4 Å². The average Bonchev–Trinajstić information content (AvgIpc) is 2.66. The SMILES string of the molecule is C#CCNS(=O)(=O)c1ccc(C(=O)N[C@@H](C)c2ccccc2OC)cc1. The lowest BCUT2D eigenvalue weighted by atomic mass is 10.1. The van der Waals surface area contributed by atoms with Gasteiger partial charge in [0.05, 0.1) is 24.6 Å². The molecule has 0 aliphatic rings. The van der Waals surface area contributed by atoms with Crippen LogP contribution in [0.1, 0.15) is 28.9 Å². The average molecular weight is 372 g/mol. The van der Waals surface area contributed by atoms with Crippen LogP contribution in [-0.4, -0.2) is 28.0 Å². The predicted octanol–water partition coefficient (Wildman–Crippen LogP) is 2.10. The lowest BCUT2D eigenvalue weighted by Crippen LogP contribution is -2.27. The molecule has 0 aliphatic heterocycles. The summed E-state index contributed by atoms with van der Waals surface area (Å²) in [6.07, 6.45) is 5.05. The fourth-order valence-corrected chi connectivity index (χ4v) is 3.32. The highest BCUT2D eigenvalue weighted by Crippen LogP contribution is 2.24. The highest BCUT2D eigenvalue weighted by atomic mass is 32.2. The van der Waals surface area contributed by atoms with Gasteiger partial charge in [-0.05, 0) is 37.3 Å². The zero-order chi connectivity index (χ0) is 19.2. The summed E-state index contributed by atoms with van der Waals surface area (Å²) in [5.41, 5.74) is 1.20. The van der Waals surface area contributed by atoms with Gasteiger partial charge in [0, 0.05) is 11.1 Å². The minimum atomic E-state index is -3.68. The monoisotopic (exact) mass is 372 g/mol. The molecule has 2 rings (SSSR count). The smallest absolute Gasteiger partial charge is 0.251 e. The molecule has 0 aliphatic carbocycles. The van der Waals surface area contributed by atoms with Gasteiger partial charge in [0.2, 0.25) is 10.0 Å². The molecule has 7 heteroatoms. The molecule has 1 atom stereocenters. The first-order chi connectivity index (χ1) is 12.4. The molecule has 0 saturated carbocycles. The number of sulfonamides is 1. The van der Waals surface area contributed by atoms with Gasteiger partial charge in [-0.25, -0.2) is 8.42 Å². The van der Waals surface area contributed by atoms with Crippen LogP contribution in [0.25, 0.3) is 0 Å². The van der Waals surface area contributed by atoms with E-state index in [1.807, 2.05) is 31.2 Å². The number of carbonyl (C=O) groups is 1. The number of benzene rings is 2. The van der Waals surface area contributed by atoms with Gasteiger partial charge in [0.25, 0.3) is 5.91 Å². The molecule has 0 unspecified atom stereocenters. The van der Waals surface area contributed by atoms with Gasteiger partial charge in [0.15, 0.2) is 0 Å². The predicted molar refractivity (Wildman–Crippen MR) is 99.3 cm³/mol. The number of nitrogens with one attached hydrogen (secondary N) is 2. The fraction of sp³-hybridized carbons (Fsp3) is 0.211. The van der Waals surface area contributed by atoms with E-state index < -0.39 is 10.0 Å². The minimum Gasteiger partial charge on any atom is -0.496 e. The third-order valence-electron chi connectivity index (χ3n) is 3.74. The second-order valence-electron chi connectivity index (χ2n) is 5.49. The molecule has 1 amide bonds. The largest absolute Gasteiger partial charge is 0.496 e. The maximum Gasteiger partial charge on any atom is 0.251 e. The van der Waals surface area contributed by atoms with Crippen LogP contribution < -0.4 is 14.8 Å². The lowest BCUT2D eigenvalue weighted by molar-refractivity contribution is 0.0939. The molecular weight excluding hydrogens is 352 g/mol. The molecule has 2 aromatic rings. The Labute approximate surface area is 153 Å².